The molecule has 0 spiro atoms. The Morgan fingerprint density at radius 1 is 1.05 bits per heavy atom. The van der Waals surface area contributed by atoms with Crippen LogP contribution in [-0.4, -0.2) is 13.1 Å². The first kappa shape index (κ1) is 14.5. The number of nitrogens with one attached hydrogen (secondary N) is 1. The van der Waals surface area contributed by atoms with Crippen molar-refractivity contribution in [3.8, 4) is 0 Å². The van der Waals surface area contributed by atoms with Crippen LogP contribution in [0.3, 0.4) is 0 Å². The van der Waals surface area contributed by atoms with Crippen molar-refractivity contribution in [3.05, 3.63) is 58.6 Å². The Labute approximate surface area is 135 Å². The first-order chi connectivity index (χ1) is 10.2. The molecule has 0 saturated carbocycles. The number of hydrogen-bond donors (Lipinski definition) is 1. The Bertz CT molecular complexity index is 606. The Kier molecular flexibility index (Phi) is 4.49. The minimum Gasteiger partial charge on any atom is -0.377 e. The average Bonchev–Trinajstić information content (AvgIpc) is 3.02. The maximum Gasteiger partial charge on any atom is 0.0602 e. The van der Waals surface area contributed by atoms with Crippen molar-refractivity contribution in [1.82, 2.24) is 0 Å². The van der Waals surface area contributed by atoms with E-state index in [1.54, 1.807) is 0 Å². The van der Waals surface area contributed by atoms with Gasteiger partial charge < -0.3 is 10.2 Å². The monoisotopic (exact) mass is 344 g/mol. The van der Waals surface area contributed by atoms with Gasteiger partial charge in [0.05, 0.1) is 11.4 Å². The number of anilines is 2. The molecule has 1 heterocycles. The van der Waals surface area contributed by atoms with E-state index in [0.29, 0.717) is 0 Å². The fourth-order valence-corrected chi connectivity index (χ4v) is 3.34. The molecule has 0 bridgehead atoms. The van der Waals surface area contributed by atoms with E-state index in [2.05, 4.69) is 81.6 Å². The van der Waals surface area contributed by atoms with Crippen molar-refractivity contribution in [3.63, 3.8) is 0 Å². The molecule has 1 fully saturated rings. The van der Waals surface area contributed by atoms with Crippen LogP contribution < -0.4 is 10.2 Å². The van der Waals surface area contributed by atoms with Crippen molar-refractivity contribution in [2.75, 3.05) is 23.3 Å². The maximum atomic E-state index is 3.67. The lowest BCUT2D eigenvalue weighted by molar-refractivity contribution is 0.877. The molecule has 2 aromatic rings. The number of halogens is 1. The number of rotatable bonds is 4. The summed E-state index contributed by atoms with van der Waals surface area (Å²) in [6, 6.07) is 17.4. The van der Waals surface area contributed by atoms with Crippen molar-refractivity contribution in [1.29, 1.82) is 0 Å². The SMILES string of the molecule is CC(Nc1ccccc1N1CCCC1)c1cccc(Br)c1. The number of nitrogens with zero attached hydrogens (tertiary/aromatic N) is 1. The highest BCUT2D eigenvalue weighted by Gasteiger charge is 2.16. The van der Waals surface area contributed by atoms with Gasteiger partial charge in [0.25, 0.3) is 0 Å². The van der Waals surface area contributed by atoms with Gasteiger partial charge in [-0.15, -0.1) is 0 Å². The van der Waals surface area contributed by atoms with Crippen molar-refractivity contribution in [2.24, 2.45) is 0 Å². The number of benzene rings is 2. The zero-order chi connectivity index (χ0) is 14.7. The van der Waals surface area contributed by atoms with Gasteiger partial charge in [0.2, 0.25) is 0 Å². The maximum absolute atomic E-state index is 3.67. The first-order valence-corrected chi connectivity index (χ1v) is 8.39. The second-order valence-electron chi connectivity index (χ2n) is 5.63. The number of para-hydroxylation sites is 2. The molecule has 0 radical (unpaired) electrons. The molecular formula is C18H21BrN2. The van der Waals surface area contributed by atoms with Crippen LogP contribution >= 0.6 is 15.9 Å². The lowest BCUT2D eigenvalue weighted by Gasteiger charge is -2.24. The Morgan fingerprint density at radius 2 is 1.81 bits per heavy atom. The van der Waals surface area contributed by atoms with Gasteiger partial charge in [-0.3, -0.25) is 0 Å². The van der Waals surface area contributed by atoms with Crippen LogP contribution in [0.15, 0.2) is 53.0 Å². The average molecular weight is 345 g/mol. The summed E-state index contributed by atoms with van der Waals surface area (Å²) in [5.74, 6) is 0. The molecule has 3 rings (SSSR count). The second-order valence-corrected chi connectivity index (χ2v) is 6.55. The predicted octanol–water partition coefficient (Wildman–Crippen LogP) is 5.22. The predicted molar refractivity (Wildman–Crippen MR) is 94.1 cm³/mol. The summed E-state index contributed by atoms with van der Waals surface area (Å²) >= 11 is 3.55. The molecule has 1 saturated heterocycles. The van der Waals surface area contributed by atoms with E-state index in [1.807, 2.05) is 0 Å². The summed E-state index contributed by atoms with van der Waals surface area (Å²) < 4.78 is 1.13. The zero-order valence-corrected chi connectivity index (χ0v) is 13.9. The van der Waals surface area contributed by atoms with E-state index < -0.39 is 0 Å². The molecular weight excluding hydrogens is 324 g/mol. The van der Waals surface area contributed by atoms with E-state index >= 15 is 0 Å². The molecule has 21 heavy (non-hydrogen) atoms. The van der Waals surface area contributed by atoms with Crippen LogP contribution in [0.4, 0.5) is 11.4 Å². The van der Waals surface area contributed by atoms with Crippen molar-refractivity contribution in [2.45, 2.75) is 25.8 Å². The summed E-state index contributed by atoms with van der Waals surface area (Å²) in [5.41, 5.74) is 3.85. The van der Waals surface area contributed by atoms with Crippen molar-refractivity contribution >= 4 is 27.3 Å². The highest BCUT2D eigenvalue weighted by molar-refractivity contribution is 9.10. The standard InChI is InChI=1S/C18H21BrN2/c1-14(15-7-6-8-16(19)13-15)20-17-9-2-3-10-18(17)21-11-4-5-12-21/h2-3,6-10,13-14,20H,4-5,11-12H2,1H3. The fourth-order valence-electron chi connectivity index (χ4n) is 2.92. The lowest BCUT2D eigenvalue weighted by atomic mass is 10.1. The fraction of sp³-hybridized carbons (Fsp3) is 0.333. The van der Waals surface area contributed by atoms with Gasteiger partial charge in [-0.1, -0.05) is 40.2 Å². The quantitative estimate of drug-likeness (QED) is 0.817. The largest absolute Gasteiger partial charge is 0.377 e. The molecule has 0 aliphatic carbocycles. The third kappa shape index (κ3) is 3.41. The molecule has 2 nitrogen and oxygen atoms in total. The van der Waals surface area contributed by atoms with Crippen LogP contribution in [0.5, 0.6) is 0 Å². The van der Waals surface area contributed by atoms with E-state index in [4.69, 9.17) is 0 Å². The third-order valence-electron chi connectivity index (χ3n) is 4.07. The second kappa shape index (κ2) is 6.52. The molecule has 1 atom stereocenters. The summed E-state index contributed by atoms with van der Waals surface area (Å²) in [6.07, 6.45) is 2.60. The minimum absolute atomic E-state index is 0.284. The minimum atomic E-state index is 0.284. The number of hydrogen-bond acceptors (Lipinski definition) is 2. The van der Waals surface area contributed by atoms with Crippen LogP contribution in [0.25, 0.3) is 0 Å². The highest BCUT2D eigenvalue weighted by Crippen LogP contribution is 2.31. The van der Waals surface area contributed by atoms with Gasteiger partial charge in [-0.2, -0.15) is 0 Å². The van der Waals surface area contributed by atoms with E-state index in [1.165, 1.54) is 42.9 Å². The molecule has 1 aliphatic rings. The lowest BCUT2D eigenvalue weighted by Crippen LogP contribution is -2.20. The Morgan fingerprint density at radius 3 is 2.57 bits per heavy atom. The van der Waals surface area contributed by atoms with E-state index in [-0.39, 0.29) is 6.04 Å². The summed E-state index contributed by atoms with van der Waals surface area (Å²) in [4.78, 5) is 2.48. The summed E-state index contributed by atoms with van der Waals surface area (Å²) in [7, 11) is 0. The smallest absolute Gasteiger partial charge is 0.0602 e. The molecule has 1 unspecified atom stereocenters. The molecule has 1 aliphatic heterocycles. The molecule has 110 valence electrons. The van der Waals surface area contributed by atoms with Gasteiger partial charge in [0.15, 0.2) is 0 Å². The van der Waals surface area contributed by atoms with Gasteiger partial charge >= 0.3 is 0 Å². The van der Waals surface area contributed by atoms with Gasteiger partial charge in [-0.25, -0.2) is 0 Å². The van der Waals surface area contributed by atoms with E-state index in [0.717, 1.165) is 4.47 Å². The third-order valence-corrected chi connectivity index (χ3v) is 4.56. The molecule has 0 aromatic heterocycles. The van der Waals surface area contributed by atoms with Gasteiger partial charge in [0.1, 0.15) is 0 Å². The molecule has 3 heteroatoms. The van der Waals surface area contributed by atoms with Crippen LogP contribution in [0.2, 0.25) is 0 Å². The summed E-state index contributed by atoms with van der Waals surface area (Å²) in [6.45, 7) is 4.55. The normalized spacial score (nSPS) is 16.0. The topological polar surface area (TPSA) is 15.3 Å². The van der Waals surface area contributed by atoms with Crippen LogP contribution in [-0.2, 0) is 0 Å². The van der Waals surface area contributed by atoms with Gasteiger partial charge in [0, 0.05) is 23.6 Å². The zero-order valence-electron chi connectivity index (χ0n) is 12.3. The molecule has 2 aromatic carbocycles. The van der Waals surface area contributed by atoms with E-state index in [9.17, 15) is 0 Å². The van der Waals surface area contributed by atoms with Gasteiger partial charge in [-0.05, 0) is 49.6 Å². The summed E-state index contributed by atoms with van der Waals surface area (Å²) in [5, 5.41) is 3.67. The van der Waals surface area contributed by atoms with Crippen LogP contribution in [0.1, 0.15) is 31.4 Å². The first-order valence-electron chi connectivity index (χ1n) is 7.60. The Hall–Kier alpha value is -1.48. The van der Waals surface area contributed by atoms with Crippen LogP contribution in [0, 0.1) is 0 Å². The Balaban J connectivity index is 1.81. The van der Waals surface area contributed by atoms with Crippen molar-refractivity contribution < 1.29 is 0 Å². The molecule has 1 N–H and O–H groups in total. The molecule has 0 amide bonds. The highest BCUT2D eigenvalue weighted by atomic mass is 79.9.